The van der Waals surface area contributed by atoms with Gasteiger partial charge in [-0.1, -0.05) is 28.1 Å². The zero-order valence-corrected chi connectivity index (χ0v) is 14.2. The third-order valence-electron chi connectivity index (χ3n) is 3.45. The lowest BCUT2D eigenvalue weighted by molar-refractivity contribution is -0.144. The second-order valence-electron chi connectivity index (χ2n) is 5.25. The number of ether oxygens (including phenoxy) is 2. The number of halogens is 1. The summed E-state index contributed by atoms with van der Waals surface area (Å²) in [6.45, 7) is 1.43. The van der Waals surface area contributed by atoms with Crippen LogP contribution in [-0.2, 0) is 4.79 Å². The molecule has 5 nitrogen and oxygen atoms in total. The van der Waals surface area contributed by atoms with Gasteiger partial charge in [-0.15, -0.1) is 0 Å². The molecule has 0 fully saturated rings. The lowest BCUT2D eigenvalue weighted by Gasteiger charge is -2.10. The molecule has 24 heavy (non-hydrogen) atoms. The molecule has 0 bridgehead atoms. The Hall–Kier alpha value is -2.60. The van der Waals surface area contributed by atoms with E-state index < -0.39 is 12.1 Å². The number of fused-ring (bicyclic) bond motifs is 1. The van der Waals surface area contributed by atoms with Crippen molar-refractivity contribution >= 4 is 33.8 Å². The third-order valence-corrected chi connectivity index (χ3v) is 3.94. The molecule has 0 aromatic heterocycles. The first-order valence-electron chi connectivity index (χ1n) is 7.17. The van der Waals surface area contributed by atoms with Crippen molar-refractivity contribution in [2.75, 3.05) is 0 Å². The number of carbonyl (C=O) groups excluding carboxylic acids is 1. The van der Waals surface area contributed by atoms with E-state index in [0.29, 0.717) is 17.1 Å². The number of rotatable bonds is 4. The van der Waals surface area contributed by atoms with E-state index in [-0.39, 0.29) is 11.5 Å². The minimum atomic E-state index is -1.07. The number of carboxylic acids is 1. The second-order valence-corrected chi connectivity index (χ2v) is 6.17. The van der Waals surface area contributed by atoms with E-state index in [2.05, 4.69) is 15.9 Å². The molecule has 0 saturated heterocycles. The topological polar surface area (TPSA) is 72.8 Å². The maximum atomic E-state index is 12.4. The van der Waals surface area contributed by atoms with Crippen LogP contribution in [0, 0.1) is 0 Å². The van der Waals surface area contributed by atoms with Crippen LogP contribution in [0.1, 0.15) is 22.8 Å². The molecule has 1 heterocycles. The van der Waals surface area contributed by atoms with Crippen LogP contribution >= 0.6 is 15.9 Å². The van der Waals surface area contributed by atoms with Crippen molar-refractivity contribution in [1.82, 2.24) is 0 Å². The van der Waals surface area contributed by atoms with Gasteiger partial charge < -0.3 is 14.6 Å². The summed E-state index contributed by atoms with van der Waals surface area (Å²) >= 11 is 3.38. The summed E-state index contributed by atoms with van der Waals surface area (Å²) in [6, 6.07) is 12.1. The van der Waals surface area contributed by atoms with E-state index in [1.54, 1.807) is 18.2 Å². The van der Waals surface area contributed by atoms with Crippen LogP contribution < -0.4 is 9.47 Å². The van der Waals surface area contributed by atoms with Crippen molar-refractivity contribution in [3.05, 3.63) is 63.8 Å². The summed E-state index contributed by atoms with van der Waals surface area (Å²) in [5.74, 6) is -0.381. The Morgan fingerprint density at radius 3 is 2.79 bits per heavy atom. The van der Waals surface area contributed by atoms with E-state index in [1.807, 2.05) is 24.3 Å². The molecule has 0 amide bonds. The van der Waals surface area contributed by atoms with E-state index in [1.165, 1.54) is 13.0 Å². The fourth-order valence-electron chi connectivity index (χ4n) is 2.24. The van der Waals surface area contributed by atoms with Crippen LogP contribution in [0.2, 0.25) is 0 Å². The number of hydrogen-bond acceptors (Lipinski definition) is 4. The fourth-order valence-corrected chi connectivity index (χ4v) is 2.66. The Balaban J connectivity index is 1.86. The van der Waals surface area contributed by atoms with Crippen LogP contribution in [0.3, 0.4) is 0 Å². The molecule has 2 aromatic rings. The Kier molecular flexibility index (Phi) is 4.40. The molecule has 1 aliphatic rings. The lowest BCUT2D eigenvalue weighted by Crippen LogP contribution is -2.22. The highest BCUT2D eigenvalue weighted by Gasteiger charge is 2.28. The van der Waals surface area contributed by atoms with E-state index in [4.69, 9.17) is 14.6 Å². The van der Waals surface area contributed by atoms with Gasteiger partial charge in [-0.2, -0.15) is 0 Å². The van der Waals surface area contributed by atoms with E-state index in [9.17, 15) is 9.59 Å². The number of allylic oxidation sites excluding steroid dienone is 1. The Bertz CT molecular complexity index is 856. The molecule has 1 atom stereocenters. The first kappa shape index (κ1) is 16.3. The average Bonchev–Trinajstić information content (AvgIpc) is 2.83. The second kappa shape index (κ2) is 6.49. The minimum Gasteiger partial charge on any atom is -0.479 e. The molecule has 6 heteroatoms. The smallest absolute Gasteiger partial charge is 0.344 e. The predicted octanol–water partition coefficient (Wildman–Crippen LogP) is 3.92. The van der Waals surface area contributed by atoms with E-state index in [0.717, 1.165) is 10.0 Å². The van der Waals surface area contributed by atoms with Crippen molar-refractivity contribution in [2.45, 2.75) is 13.0 Å². The van der Waals surface area contributed by atoms with Gasteiger partial charge in [-0.25, -0.2) is 4.79 Å². The predicted molar refractivity (Wildman–Crippen MR) is 91.2 cm³/mol. The first-order chi connectivity index (χ1) is 11.4. The van der Waals surface area contributed by atoms with Crippen molar-refractivity contribution in [3.8, 4) is 11.5 Å². The standard InChI is InChI=1S/C18H13BrO5/c1-10(18(21)22)23-13-5-6-14-15(9-13)24-16(17(14)20)8-11-3-2-4-12(19)7-11/h2-10H,1H3,(H,21,22). The minimum absolute atomic E-state index is 0.214. The highest BCUT2D eigenvalue weighted by atomic mass is 79.9. The first-order valence-corrected chi connectivity index (χ1v) is 7.96. The molecule has 2 aromatic carbocycles. The van der Waals surface area contributed by atoms with E-state index >= 15 is 0 Å². The molecule has 122 valence electrons. The largest absolute Gasteiger partial charge is 0.479 e. The monoisotopic (exact) mass is 388 g/mol. The van der Waals surface area contributed by atoms with Gasteiger partial charge in [0.2, 0.25) is 5.78 Å². The zero-order chi connectivity index (χ0) is 17.3. The highest BCUT2D eigenvalue weighted by molar-refractivity contribution is 9.10. The summed E-state index contributed by atoms with van der Waals surface area (Å²) in [5.41, 5.74) is 1.25. The van der Waals surface area contributed by atoms with Gasteiger partial charge in [0, 0.05) is 10.5 Å². The van der Waals surface area contributed by atoms with Crippen molar-refractivity contribution in [3.63, 3.8) is 0 Å². The summed E-state index contributed by atoms with van der Waals surface area (Å²) in [4.78, 5) is 23.2. The number of Topliss-reactive ketones (excluding diaryl/α,β-unsaturated/α-hetero) is 1. The molecule has 3 rings (SSSR count). The summed E-state index contributed by atoms with van der Waals surface area (Å²) in [7, 11) is 0. The number of benzene rings is 2. The van der Waals surface area contributed by atoms with Crippen molar-refractivity contribution in [1.29, 1.82) is 0 Å². The maximum Gasteiger partial charge on any atom is 0.344 e. The van der Waals surface area contributed by atoms with Gasteiger partial charge in [0.1, 0.15) is 11.5 Å². The van der Waals surface area contributed by atoms with Gasteiger partial charge >= 0.3 is 5.97 Å². The molecule has 0 radical (unpaired) electrons. The molecular formula is C18H13BrO5. The summed E-state index contributed by atoms with van der Waals surface area (Å²) in [6.07, 6.45) is 0.671. The van der Waals surface area contributed by atoms with Crippen LogP contribution in [0.5, 0.6) is 11.5 Å². The maximum absolute atomic E-state index is 12.4. The van der Waals surface area contributed by atoms with Gasteiger partial charge in [-0.05, 0) is 42.8 Å². The van der Waals surface area contributed by atoms with Crippen LogP contribution in [0.15, 0.2) is 52.7 Å². The van der Waals surface area contributed by atoms with Gasteiger partial charge in [-0.3, -0.25) is 4.79 Å². The van der Waals surface area contributed by atoms with Gasteiger partial charge in [0.25, 0.3) is 0 Å². The normalized spacial score (nSPS) is 15.8. The Labute approximate surface area is 146 Å². The number of carbonyl (C=O) groups is 2. The highest BCUT2D eigenvalue weighted by Crippen LogP contribution is 2.35. The van der Waals surface area contributed by atoms with Crippen molar-refractivity contribution < 1.29 is 24.2 Å². The Morgan fingerprint density at radius 2 is 2.08 bits per heavy atom. The zero-order valence-electron chi connectivity index (χ0n) is 12.7. The average molecular weight is 389 g/mol. The van der Waals surface area contributed by atoms with Crippen LogP contribution in [0.25, 0.3) is 6.08 Å². The summed E-state index contributed by atoms with van der Waals surface area (Å²) < 4.78 is 11.8. The number of aliphatic carboxylic acids is 1. The van der Waals surface area contributed by atoms with Gasteiger partial charge in [0.15, 0.2) is 11.9 Å². The lowest BCUT2D eigenvalue weighted by atomic mass is 10.1. The van der Waals surface area contributed by atoms with Crippen LogP contribution in [-0.4, -0.2) is 23.0 Å². The molecule has 1 aliphatic heterocycles. The molecular weight excluding hydrogens is 376 g/mol. The number of carboxylic acid groups (broad SMARTS) is 1. The Morgan fingerprint density at radius 1 is 1.29 bits per heavy atom. The fraction of sp³-hybridized carbons (Fsp3) is 0.111. The summed E-state index contributed by atoms with van der Waals surface area (Å²) in [5, 5.41) is 8.88. The van der Waals surface area contributed by atoms with Crippen molar-refractivity contribution in [2.24, 2.45) is 0 Å². The molecule has 0 saturated carbocycles. The number of hydrogen-bond donors (Lipinski definition) is 1. The molecule has 1 unspecified atom stereocenters. The molecule has 1 N–H and O–H groups in total. The van der Waals surface area contributed by atoms with Gasteiger partial charge in [0.05, 0.1) is 5.56 Å². The quantitative estimate of drug-likeness (QED) is 0.803. The van der Waals surface area contributed by atoms with Crippen LogP contribution in [0.4, 0.5) is 0 Å². The SMILES string of the molecule is CC(Oc1ccc2c(c1)OC(=Cc1cccc(Br)c1)C2=O)C(=O)O. The number of ketones is 1. The molecule has 0 spiro atoms. The third kappa shape index (κ3) is 3.33. The molecule has 0 aliphatic carbocycles.